The summed E-state index contributed by atoms with van der Waals surface area (Å²) in [6.07, 6.45) is 1.76. The molecule has 0 amide bonds. The second-order valence-electron chi connectivity index (χ2n) is 4.81. The molecule has 2 aromatic carbocycles. The van der Waals surface area contributed by atoms with Crippen molar-refractivity contribution in [2.45, 2.75) is 26.1 Å². The summed E-state index contributed by atoms with van der Waals surface area (Å²) in [6, 6.07) is 21.3. The molecule has 0 radical (unpaired) electrons. The first-order chi connectivity index (χ1) is 9.29. The average molecular weight is 257 g/mol. The summed E-state index contributed by atoms with van der Waals surface area (Å²) in [5.41, 5.74) is 2.62. The quantitative estimate of drug-likeness (QED) is 0.553. The van der Waals surface area contributed by atoms with Gasteiger partial charge < -0.3 is 6.58 Å². The van der Waals surface area contributed by atoms with Gasteiger partial charge in [-0.15, -0.1) is 0 Å². The van der Waals surface area contributed by atoms with Crippen LogP contribution in [0.15, 0.2) is 66.7 Å². The van der Waals surface area contributed by atoms with Gasteiger partial charge in [0.2, 0.25) is 0 Å². The van der Waals surface area contributed by atoms with E-state index in [0.717, 1.165) is 13.1 Å². The van der Waals surface area contributed by atoms with Gasteiger partial charge in [-0.3, -0.25) is 11.0 Å². The Morgan fingerprint density at radius 3 is 1.65 bits per heavy atom. The molecule has 0 saturated carbocycles. The normalized spacial score (nSPS) is 11.7. The summed E-state index contributed by atoms with van der Waals surface area (Å²) in [5, 5.41) is 0. The van der Waals surface area contributed by atoms with Gasteiger partial charge in [-0.25, -0.2) is 0 Å². The van der Waals surface area contributed by atoms with Gasteiger partial charge in [-0.05, 0) is 24.1 Å². The van der Waals surface area contributed by atoms with E-state index in [4.69, 9.17) is 6.58 Å². The molecular formula is C18H20LiN. The molecule has 2 aromatic rings. The van der Waals surface area contributed by atoms with Crippen molar-refractivity contribution in [1.82, 2.24) is 4.90 Å². The Morgan fingerprint density at radius 1 is 0.900 bits per heavy atom. The molecule has 0 spiro atoms. The van der Waals surface area contributed by atoms with Crippen LogP contribution in [0.3, 0.4) is 0 Å². The smallest absolute Gasteiger partial charge is 0.516 e. The maximum atomic E-state index is 5.71. The molecular weight excluding hydrogens is 237 g/mol. The second kappa shape index (κ2) is 8.82. The molecule has 1 nitrogen and oxygen atoms in total. The van der Waals surface area contributed by atoms with Gasteiger partial charge in [0, 0.05) is 13.1 Å². The minimum Gasteiger partial charge on any atom is -0.516 e. The minimum absolute atomic E-state index is 0. The fraction of sp³-hybridized carbons (Fsp3) is 0.222. The van der Waals surface area contributed by atoms with Crippen LogP contribution in [0.1, 0.15) is 18.1 Å². The third kappa shape index (κ3) is 5.02. The van der Waals surface area contributed by atoms with Crippen molar-refractivity contribution in [1.29, 1.82) is 0 Å². The minimum atomic E-state index is 0. The standard InChI is InChI=1S/C18H20N.Li/c1-3-16(2)19(14-17-10-6-4-7-11-17)15-18-12-8-5-9-13-18;/h1,3-13,16H,14-15H2,2H3;/q-1;+1. The first-order valence-corrected chi connectivity index (χ1v) is 6.66. The maximum absolute atomic E-state index is 5.71. The molecule has 1 atom stereocenters. The topological polar surface area (TPSA) is 3.24 Å². The predicted octanol–water partition coefficient (Wildman–Crippen LogP) is 1.07. The van der Waals surface area contributed by atoms with E-state index in [9.17, 15) is 0 Å². The first-order valence-electron chi connectivity index (χ1n) is 6.66. The van der Waals surface area contributed by atoms with Crippen LogP contribution in [-0.4, -0.2) is 10.9 Å². The van der Waals surface area contributed by atoms with Crippen molar-refractivity contribution in [3.05, 3.63) is 84.4 Å². The van der Waals surface area contributed by atoms with Gasteiger partial charge in [-0.1, -0.05) is 60.7 Å². The molecule has 0 aliphatic heterocycles. The zero-order valence-electron chi connectivity index (χ0n) is 12.4. The Morgan fingerprint density at radius 2 is 1.30 bits per heavy atom. The summed E-state index contributed by atoms with van der Waals surface area (Å²) in [5.74, 6) is 0. The van der Waals surface area contributed by atoms with Gasteiger partial charge in [0.15, 0.2) is 0 Å². The SMILES string of the molecule is [CH-]=CC(C)N(Cc1ccccc1)Cc1ccccc1.[Li+]. The van der Waals surface area contributed by atoms with Crippen molar-refractivity contribution >= 4 is 0 Å². The molecule has 98 valence electrons. The van der Waals surface area contributed by atoms with Crippen LogP contribution in [0.25, 0.3) is 0 Å². The van der Waals surface area contributed by atoms with E-state index >= 15 is 0 Å². The third-order valence-electron chi connectivity index (χ3n) is 3.31. The number of hydrogen-bond acceptors (Lipinski definition) is 1. The van der Waals surface area contributed by atoms with E-state index in [1.165, 1.54) is 11.1 Å². The van der Waals surface area contributed by atoms with E-state index in [2.05, 4.69) is 60.4 Å². The number of hydrogen-bond donors (Lipinski definition) is 0. The molecule has 0 saturated heterocycles. The molecule has 1 unspecified atom stereocenters. The average Bonchev–Trinajstić information content (AvgIpc) is 2.48. The Bertz CT molecular complexity index is 454. The van der Waals surface area contributed by atoms with Crippen LogP contribution in [0.4, 0.5) is 0 Å². The molecule has 0 N–H and O–H groups in total. The summed E-state index contributed by atoms with van der Waals surface area (Å²) in [6.45, 7) is 9.66. The van der Waals surface area contributed by atoms with E-state index in [1.54, 1.807) is 6.08 Å². The summed E-state index contributed by atoms with van der Waals surface area (Å²) in [7, 11) is 0. The van der Waals surface area contributed by atoms with Gasteiger partial charge in [-0.2, -0.15) is 0 Å². The van der Waals surface area contributed by atoms with Crippen molar-refractivity contribution in [2.75, 3.05) is 0 Å². The zero-order valence-corrected chi connectivity index (χ0v) is 12.4. The Labute approximate surface area is 134 Å². The largest absolute Gasteiger partial charge is 1.00 e. The molecule has 0 heterocycles. The van der Waals surface area contributed by atoms with Crippen LogP contribution < -0.4 is 18.9 Å². The monoisotopic (exact) mass is 257 g/mol. The second-order valence-corrected chi connectivity index (χ2v) is 4.81. The Hall–Kier alpha value is -1.26. The van der Waals surface area contributed by atoms with Crippen LogP contribution >= 0.6 is 0 Å². The fourth-order valence-corrected chi connectivity index (χ4v) is 2.10. The van der Waals surface area contributed by atoms with Gasteiger partial charge in [0.05, 0.1) is 0 Å². The van der Waals surface area contributed by atoms with Gasteiger partial charge in [0.1, 0.15) is 0 Å². The first kappa shape index (κ1) is 16.8. The number of nitrogens with zero attached hydrogens (tertiary/aromatic N) is 1. The third-order valence-corrected chi connectivity index (χ3v) is 3.31. The van der Waals surface area contributed by atoms with E-state index < -0.39 is 0 Å². The summed E-state index contributed by atoms with van der Waals surface area (Å²) >= 11 is 0. The van der Waals surface area contributed by atoms with Gasteiger partial charge >= 0.3 is 18.9 Å². The van der Waals surface area contributed by atoms with Crippen LogP contribution in [0.5, 0.6) is 0 Å². The molecule has 0 fully saturated rings. The van der Waals surface area contributed by atoms with Gasteiger partial charge in [0.25, 0.3) is 0 Å². The van der Waals surface area contributed by atoms with Crippen molar-refractivity contribution in [3.63, 3.8) is 0 Å². The predicted molar refractivity (Wildman–Crippen MR) is 80.5 cm³/mol. The van der Waals surface area contributed by atoms with Crippen LogP contribution in [0, 0.1) is 6.58 Å². The van der Waals surface area contributed by atoms with Crippen LogP contribution in [0.2, 0.25) is 0 Å². The number of benzene rings is 2. The van der Waals surface area contributed by atoms with E-state index in [1.807, 2.05) is 12.1 Å². The molecule has 0 bridgehead atoms. The van der Waals surface area contributed by atoms with Crippen molar-refractivity contribution < 1.29 is 18.9 Å². The van der Waals surface area contributed by atoms with Crippen molar-refractivity contribution in [3.8, 4) is 0 Å². The molecule has 0 aliphatic carbocycles. The molecule has 20 heavy (non-hydrogen) atoms. The molecule has 0 aromatic heterocycles. The van der Waals surface area contributed by atoms with E-state index in [0.29, 0.717) is 0 Å². The fourth-order valence-electron chi connectivity index (χ4n) is 2.10. The molecule has 2 rings (SSSR count). The summed E-state index contributed by atoms with van der Waals surface area (Å²) in [4.78, 5) is 2.37. The molecule has 0 aliphatic rings. The van der Waals surface area contributed by atoms with Crippen LogP contribution in [-0.2, 0) is 13.1 Å². The maximum Gasteiger partial charge on any atom is 1.00 e. The van der Waals surface area contributed by atoms with Crippen molar-refractivity contribution in [2.24, 2.45) is 0 Å². The van der Waals surface area contributed by atoms with E-state index in [-0.39, 0.29) is 24.9 Å². The summed E-state index contributed by atoms with van der Waals surface area (Å²) < 4.78 is 0. The Balaban J connectivity index is 0.00000200. The number of rotatable bonds is 6. The zero-order chi connectivity index (χ0) is 13.5. The molecule has 2 heteroatoms. The Kier molecular flexibility index (Phi) is 7.40.